The molecule has 3 heterocycles. The van der Waals surface area contributed by atoms with E-state index in [1.807, 2.05) is 4.90 Å². The summed E-state index contributed by atoms with van der Waals surface area (Å²) in [7, 11) is 0. The molecular formula is C22H18ClFN2O3. The SMILES string of the molecule is O=C(c1ccc(F)cc1)[C@@H]1[C@@H]2C(=O)N(c3ccc(Cl)cc3)C(=O)[C@@H]2[C@H]2CCCN21. The second-order valence-electron chi connectivity index (χ2n) is 7.80. The van der Waals surface area contributed by atoms with Gasteiger partial charge < -0.3 is 0 Å². The topological polar surface area (TPSA) is 57.7 Å². The monoisotopic (exact) mass is 412 g/mol. The molecular weight excluding hydrogens is 395 g/mol. The first-order chi connectivity index (χ1) is 14.0. The maximum atomic E-state index is 13.3. The van der Waals surface area contributed by atoms with E-state index in [0.717, 1.165) is 12.8 Å². The Morgan fingerprint density at radius 2 is 1.62 bits per heavy atom. The Labute approximate surface area is 172 Å². The molecule has 0 bridgehead atoms. The molecule has 2 amide bonds. The third-order valence-corrected chi connectivity index (χ3v) is 6.59. The van der Waals surface area contributed by atoms with Crippen LogP contribution in [0, 0.1) is 17.7 Å². The Balaban J connectivity index is 1.54. The number of rotatable bonds is 3. The van der Waals surface area contributed by atoms with Gasteiger partial charge in [-0.25, -0.2) is 9.29 Å². The molecule has 0 spiro atoms. The summed E-state index contributed by atoms with van der Waals surface area (Å²) in [5, 5.41) is 0.513. The maximum absolute atomic E-state index is 13.3. The normalized spacial score (nSPS) is 28.7. The summed E-state index contributed by atoms with van der Waals surface area (Å²) in [4.78, 5) is 43.1. The quantitative estimate of drug-likeness (QED) is 0.573. The molecule has 4 atom stereocenters. The highest BCUT2D eigenvalue weighted by Gasteiger charge is 2.64. The Morgan fingerprint density at radius 3 is 2.31 bits per heavy atom. The highest BCUT2D eigenvalue weighted by atomic mass is 35.5. The van der Waals surface area contributed by atoms with E-state index in [4.69, 9.17) is 11.6 Å². The van der Waals surface area contributed by atoms with E-state index in [0.29, 0.717) is 22.8 Å². The Bertz CT molecular complexity index is 1010. The number of Topliss-reactive ketones (excluding diaryl/α,β-unsaturated/α-hetero) is 1. The third kappa shape index (κ3) is 2.74. The van der Waals surface area contributed by atoms with Gasteiger partial charge in [-0.05, 0) is 67.9 Å². The molecule has 148 valence electrons. The minimum atomic E-state index is -0.721. The van der Waals surface area contributed by atoms with E-state index in [-0.39, 0.29) is 23.6 Å². The fourth-order valence-electron chi connectivity index (χ4n) is 5.14. The predicted molar refractivity (Wildman–Crippen MR) is 105 cm³/mol. The fraction of sp³-hybridized carbons (Fsp3) is 0.318. The summed E-state index contributed by atoms with van der Waals surface area (Å²) >= 11 is 5.94. The maximum Gasteiger partial charge on any atom is 0.239 e. The van der Waals surface area contributed by atoms with E-state index in [9.17, 15) is 18.8 Å². The molecule has 0 saturated carbocycles. The van der Waals surface area contributed by atoms with Gasteiger partial charge in [0.25, 0.3) is 0 Å². The van der Waals surface area contributed by atoms with E-state index in [1.54, 1.807) is 24.3 Å². The van der Waals surface area contributed by atoms with E-state index in [2.05, 4.69) is 0 Å². The van der Waals surface area contributed by atoms with Crippen LogP contribution in [-0.2, 0) is 9.59 Å². The van der Waals surface area contributed by atoms with Crippen LogP contribution in [0.25, 0.3) is 0 Å². The highest BCUT2D eigenvalue weighted by Crippen LogP contribution is 2.48. The molecule has 0 aliphatic carbocycles. The second kappa shape index (κ2) is 6.75. The second-order valence-corrected chi connectivity index (χ2v) is 8.24. The number of amides is 2. The van der Waals surface area contributed by atoms with E-state index < -0.39 is 23.7 Å². The van der Waals surface area contributed by atoms with Gasteiger partial charge in [0.15, 0.2) is 5.78 Å². The average Bonchev–Trinajstić information content (AvgIpc) is 3.35. The van der Waals surface area contributed by atoms with Gasteiger partial charge >= 0.3 is 0 Å². The number of benzene rings is 2. The molecule has 2 aromatic carbocycles. The molecule has 0 unspecified atom stereocenters. The fourth-order valence-corrected chi connectivity index (χ4v) is 5.27. The molecule has 3 fully saturated rings. The van der Waals surface area contributed by atoms with Crippen molar-refractivity contribution in [3.63, 3.8) is 0 Å². The molecule has 0 aromatic heterocycles. The van der Waals surface area contributed by atoms with Crippen LogP contribution in [-0.4, -0.2) is 41.1 Å². The summed E-state index contributed by atoms with van der Waals surface area (Å²) in [6, 6.07) is 11.1. The zero-order valence-electron chi connectivity index (χ0n) is 15.4. The van der Waals surface area contributed by atoms with Gasteiger partial charge in [0, 0.05) is 16.6 Å². The Kier molecular flexibility index (Phi) is 4.29. The molecule has 5 rings (SSSR count). The number of carbonyl (C=O) groups is 3. The first kappa shape index (κ1) is 18.5. The lowest BCUT2D eigenvalue weighted by Gasteiger charge is -2.27. The van der Waals surface area contributed by atoms with Crippen molar-refractivity contribution in [3.8, 4) is 0 Å². The van der Waals surface area contributed by atoms with Crippen LogP contribution in [0.15, 0.2) is 48.5 Å². The number of ketones is 1. The van der Waals surface area contributed by atoms with Gasteiger partial charge in [0.05, 0.1) is 23.6 Å². The van der Waals surface area contributed by atoms with Crippen LogP contribution in [0.3, 0.4) is 0 Å². The Hall–Kier alpha value is -2.57. The number of fused-ring (bicyclic) bond motifs is 3. The lowest BCUT2D eigenvalue weighted by atomic mass is 9.85. The number of hydrogen-bond acceptors (Lipinski definition) is 4. The van der Waals surface area contributed by atoms with Crippen LogP contribution in [0.2, 0.25) is 5.02 Å². The van der Waals surface area contributed by atoms with Crippen molar-refractivity contribution >= 4 is 34.9 Å². The van der Waals surface area contributed by atoms with Crippen LogP contribution in [0.1, 0.15) is 23.2 Å². The van der Waals surface area contributed by atoms with Crippen molar-refractivity contribution in [1.29, 1.82) is 0 Å². The number of nitrogens with zero attached hydrogens (tertiary/aromatic N) is 2. The molecule has 3 saturated heterocycles. The molecule has 3 aliphatic rings. The summed E-state index contributed by atoms with van der Waals surface area (Å²) in [6.45, 7) is 0.677. The molecule has 2 aromatic rings. The Morgan fingerprint density at radius 1 is 0.966 bits per heavy atom. The summed E-state index contributed by atoms with van der Waals surface area (Å²) < 4.78 is 13.3. The van der Waals surface area contributed by atoms with Crippen molar-refractivity contribution in [2.45, 2.75) is 24.9 Å². The lowest BCUT2D eigenvalue weighted by Crippen LogP contribution is -2.46. The first-order valence-electron chi connectivity index (χ1n) is 9.66. The zero-order chi connectivity index (χ0) is 20.3. The third-order valence-electron chi connectivity index (χ3n) is 6.33. The average molecular weight is 413 g/mol. The predicted octanol–water partition coefficient (Wildman–Crippen LogP) is 3.31. The van der Waals surface area contributed by atoms with Gasteiger partial charge in [-0.1, -0.05) is 11.6 Å². The summed E-state index contributed by atoms with van der Waals surface area (Å²) in [5.41, 5.74) is 0.823. The number of imide groups is 1. The number of hydrogen-bond donors (Lipinski definition) is 0. The van der Waals surface area contributed by atoms with Gasteiger partial charge in [0.2, 0.25) is 11.8 Å². The number of carbonyl (C=O) groups excluding carboxylic acids is 3. The lowest BCUT2D eigenvalue weighted by molar-refractivity contribution is -0.123. The van der Waals surface area contributed by atoms with Crippen LogP contribution < -0.4 is 4.90 Å². The van der Waals surface area contributed by atoms with Gasteiger partial charge in [0.1, 0.15) is 5.82 Å². The zero-order valence-corrected chi connectivity index (χ0v) is 16.2. The summed E-state index contributed by atoms with van der Waals surface area (Å²) in [5.74, 6) is -2.52. The number of anilines is 1. The van der Waals surface area contributed by atoms with Gasteiger partial charge in [-0.3, -0.25) is 19.3 Å². The largest absolute Gasteiger partial charge is 0.292 e. The van der Waals surface area contributed by atoms with Crippen molar-refractivity contribution in [2.75, 3.05) is 11.4 Å². The standard InChI is InChI=1S/C22H18ClFN2O3/c23-13-5-9-15(10-6-13)26-21(28)17-16-2-1-11-25(16)19(18(17)22(26)29)20(27)12-3-7-14(24)8-4-12/h3-10,16-19H,1-2,11H2/t16-,17-,18-,19+/m1/s1. The molecule has 3 aliphatic heterocycles. The van der Waals surface area contributed by atoms with Crippen molar-refractivity contribution in [2.24, 2.45) is 11.8 Å². The van der Waals surface area contributed by atoms with E-state index in [1.165, 1.54) is 29.2 Å². The molecule has 0 N–H and O–H groups in total. The van der Waals surface area contributed by atoms with Crippen molar-refractivity contribution < 1.29 is 18.8 Å². The van der Waals surface area contributed by atoms with Crippen molar-refractivity contribution in [1.82, 2.24) is 4.90 Å². The van der Waals surface area contributed by atoms with Gasteiger partial charge in [-0.15, -0.1) is 0 Å². The highest BCUT2D eigenvalue weighted by molar-refractivity contribution is 6.31. The minimum absolute atomic E-state index is 0.122. The van der Waals surface area contributed by atoms with Crippen molar-refractivity contribution in [3.05, 3.63) is 64.9 Å². The first-order valence-corrected chi connectivity index (χ1v) is 10.0. The molecule has 7 heteroatoms. The van der Waals surface area contributed by atoms with Crippen LogP contribution in [0.4, 0.5) is 10.1 Å². The minimum Gasteiger partial charge on any atom is -0.292 e. The molecule has 0 radical (unpaired) electrons. The molecule has 29 heavy (non-hydrogen) atoms. The van der Waals surface area contributed by atoms with Gasteiger partial charge in [-0.2, -0.15) is 0 Å². The molecule has 5 nitrogen and oxygen atoms in total. The van der Waals surface area contributed by atoms with E-state index >= 15 is 0 Å². The number of halogens is 2. The van der Waals surface area contributed by atoms with Crippen LogP contribution in [0.5, 0.6) is 0 Å². The smallest absolute Gasteiger partial charge is 0.239 e. The van der Waals surface area contributed by atoms with Crippen LogP contribution >= 0.6 is 11.6 Å². The summed E-state index contributed by atoms with van der Waals surface area (Å²) in [6.07, 6.45) is 1.66.